The lowest BCUT2D eigenvalue weighted by Gasteiger charge is -2.34. The van der Waals surface area contributed by atoms with Crippen molar-refractivity contribution >= 4 is 11.6 Å². The number of ether oxygens (including phenoxy) is 1. The Labute approximate surface area is 125 Å². The van der Waals surface area contributed by atoms with E-state index in [-0.39, 0.29) is 18.1 Å². The van der Waals surface area contributed by atoms with Gasteiger partial charge >= 0.3 is 0 Å². The number of benzene rings is 1. The average Bonchev–Trinajstić information content (AvgIpc) is 2.98. The predicted octanol–water partition coefficient (Wildman–Crippen LogP) is 0.672. The maximum Gasteiger partial charge on any atom is 0.239 e. The molecule has 1 fully saturated rings. The maximum atomic E-state index is 12.1. The van der Waals surface area contributed by atoms with Crippen LogP contribution in [0, 0.1) is 0 Å². The Hall–Kier alpha value is -1.59. The third-order valence-corrected chi connectivity index (χ3v) is 4.15. The summed E-state index contributed by atoms with van der Waals surface area (Å²) in [6, 6.07) is 8.27. The third kappa shape index (κ3) is 3.54. The van der Waals surface area contributed by atoms with Crippen molar-refractivity contribution in [2.24, 2.45) is 5.73 Å². The van der Waals surface area contributed by atoms with Gasteiger partial charge in [0.1, 0.15) is 0 Å². The molecule has 3 rings (SSSR count). The van der Waals surface area contributed by atoms with Gasteiger partial charge in [0.25, 0.3) is 0 Å². The number of rotatable bonds is 4. The van der Waals surface area contributed by atoms with E-state index in [0.717, 1.165) is 38.1 Å². The van der Waals surface area contributed by atoms with Crippen molar-refractivity contribution < 1.29 is 9.53 Å². The molecule has 0 aliphatic carbocycles. The van der Waals surface area contributed by atoms with E-state index in [4.69, 9.17) is 10.5 Å². The summed E-state index contributed by atoms with van der Waals surface area (Å²) in [6.07, 6.45) is 3.20. The molecule has 2 atom stereocenters. The Morgan fingerprint density at radius 3 is 3.10 bits per heavy atom. The number of para-hydroxylation sites is 1. The van der Waals surface area contributed by atoms with E-state index in [9.17, 15) is 4.79 Å². The third-order valence-electron chi connectivity index (χ3n) is 4.15. The summed E-state index contributed by atoms with van der Waals surface area (Å²) < 4.78 is 5.52. The fourth-order valence-electron chi connectivity index (χ4n) is 3.13. The number of hydrogen-bond acceptors (Lipinski definition) is 4. The van der Waals surface area contributed by atoms with Crippen LogP contribution < -0.4 is 16.0 Å². The van der Waals surface area contributed by atoms with E-state index in [1.165, 1.54) is 5.56 Å². The van der Waals surface area contributed by atoms with E-state index >= 15 is 0 Å². The summed E-state index contributed by atoms with van der Waals surface area (Å²) in [4.78, 5) is 14.2. The number of nitrogens with zero attached hydrogens (tertiary/aromatic N) is 1. The fourth-order valence-corrected chi connectivity index (χ4v) is 3.13. The van der Waals surface area contributed by atoms with Crippen molar-refractivity contribution in [1.29, 1.82) is 0 Å². The van der Waals surface area contributed by atoms with Crippen molar-refractivity contribution in [2.75, 3.05) is 31.1 Å². The zero-order chi connectivity index (χ0) is 14.7. The van der Waals surface area contributed by atoms with Gasteiger partial charge in [-0.15, -0.1) is 0 Å². The molecule has 5 heteroatoms. The smallest absolute Gasteiger partial charge is 0.239 e. The van der Waals surface area contributed by atoms with Gasteiger partial charge in [-0.05, 0) is 30.9 Å². The van der Waals surface area contributed by atoms with Crippen LogP contribution in [-0.2, 0) is 16.0 Å². The largest absolute Gasteiger partial charge is 0.376 e. The van der Waals surface area contributed by atoms with Crippen molar-refractivity contribution in [3.05, 3.63) is 29.8 Å². The van der Waals surface area contributed by atoms with E-state index in [1.54, 1.807) is 0 Å². The lowest BCUT2D eigenvalue weighted by Crippen LogP contribution is -2.48. The molecule has 5 nitrogen and oxygen atoms in total. The van der Waals surface area contributed by atoms with Gasteiger partial charge < -0.3 is 20.7 Å². The molecule has 0 bridgehead atoms. The number of anilines is 1. The van der Waals surface area contributed by atoms with Crippen LogP contribution in [0.25, 0.3) is 0 Å². The second kappa shape index (κ2) is 6.45. The van der Waals surface area contributed by atoms with Crippen molar-refractivity contribution in [3.63, 3.8) is 0 Å². The SMILES string of the molecule is NC1Cc2ccccc2N(CC(=O)NCC2CCCO2)C1. The van der Waals surface area contributed by atoms with Crippen LogP contribution >= 0.6 is 0 Å². The normalized spacial score (nSPS) is 24.7. The highest BCUT2D eigenvalue weighted by Crippen LogP contribution is 2.25. The van der Waals surface area contributed by atoms with Crippen LogP contribution in [0.3, 0.4) is 0 Å². The maximum absolute atomic E-state index is 12.1. The molecule has 0 radical (unpaired) electrons. The summed E-state index contributed by atoms with van der Waals surface area (Å²) in [7, 11) is 0. The number of amides is 1. The van der Waals surface area contributed by atoms with Crippen molar-refractivity contribution in [1.82, 2.24) is 5.32 Å². The second-order valence-corrected chi connectivity index (χ2v) is 5.91. The summed E-state index contributed by atoms with van der Waals surface area (Å²) in [6.45, 7) is 2.51. The Bertz CT molecular complexity index is 500. The predicted molar refractivity (Wildman–Crippen MR) is 82.3 cm³/mol. The number of fused-ring (bicyclic) bond motifs is 1. The molecule has 3 N–H and O–H groups in total. The Balaban J connectivity index is 1.57. The molecular weight excluding hydrogens is 266 g/mol. The van der Waals surface area contributed by atoms with Crippen LogP contribution in [0.2, 0.25) is 0 Å². The molecule has 21 heavy (non-hydrogen) atoms. The first-order valence-corrected chi connectivity index (χ1v) is 7.69. The number of hydrogen-bond donors (Lipinski definition) is 2. The molecule has 1 amide bonds. The van der Waals surface area contributed by atoms with E-state index in [0.29, 0.717) is 13.1 Å². The molecule has 0 spiro atoms. The summed E-state index contributed by atoms with van der Waals surface area (Å²) in [5, 5.41) is 2.97. The Morgan fingerprint density at radius 1 is 1.43 bits per heavy atom. The minimum Gasteiger partial charge on any atom is -0.376 e. The highest BCUT2D eigenvalue weighted by atomic mass is 16.5. The Morgan fingerprint density at radius 2 is 2.29 bits per heavy atom. The molecule has 114 valence electrons. The van der Waals surface area contributed by atoms with Gasteiger partial charge in [0.2, 0.25) is 5.91 Å². The molecule has 0 aromatic heterocycles. The van der Waals surface area contributed by atoms with Gasteiger partial charge in [0, 0.05) is 31.4 Å². The average molecular weight is 289 g/mol. The molecule has 2 aliphatic heterocycles. The van der Waals surface area contributed by atoms with Crippen LogP contribution in [0.1, 0.15) is 18.4 Å². The topological polar surface area (TPSA) is 67.6 Å². The molecule has 2 heterocycles. The minimum absolute atomic E-state index is 0.0365. The van der Waals surface area contributed by atoms with Crippen LogP contribution in [0.4, 0.5) is 5.69 Å². The monoisotopic (exact) mass is 289 g/mol. The van der Waals surface area contributed by atoms with Gasteiger partial charge in [0.05, 0.1) is 12.6 Å². The Kier molecular flexibility index (Phi) is 4.41. The number of carbonyl (C=O) groups is 1. The van der Waals surface area contributed by atoms with Gasteiger partial charge in [-0.2, -0.15) is 0 Å². The van der Waals surface area contributed by atoms with Crippen LogP contribution in [0.5, 0.6) is 0 Å². The summed E-state index contributed by atoms with van der Waals surface area (Å²) >= 11 is 0. The van der Waals surface area contributed by atoms with Crippen LogP contribution in [0.15, 0.2) is 24.3 Å². The molecule has 1 saturated heterocycles. The highest BCUT2D eigenvalue weighted by molar-refractivity contribution is 5.82. The van der Waals surface area contributed by atoms with E-state index in [1.807, 2.05) is 12.1 Å². The van der Waals surface area contributed by atoms with E-state index < -0.39 is 0 Å². The van der Waals surface area contributed by atoms with Crippen LogP contribution in [-0.4, -0.2) is 44.3 Å². The van der Waals surface area contributed by atoms with Gasteiger partial charge in [-0.1, -0.05) is 18.2 Å². The number of nitrogens with one attached hydrogen (secondary N) is 1. The van der Waals surface area contributed by atoms with E-state index in [2.05, 4.69) is 22.3 Å². The number of nitrogens with two attached hydrogens (primary N) is 1. The molecule has 0 saturated carbocycles. The lowest BCUT2D eigenvalue weighted by molar-refractivity contribution is -0.120. The zero-order valence-corrected chi connectivity index (χ0v) is 12.3. The quantitative estimate of drug-likeness (QED) is 0.855. The van der Waals surface area contributed by atoms with Crippen molar-refractivity contribution in [3.8, 4) is 0 Å². The minimum atomic E-state index is 0.0365. The highest BCUT2D eigenvalue weighted by Gasteiger charge is 2.23. The van der Waals surface area contributed by atoms with Gasteiger partial charge in [0.15, 0.2) is 0 Å². The molecule has 1 aromatic rings. The molecule has 1 aromatic carbocycles. The van der Waals surface area contributed by atoms with Gasteiger partial charge in [-0.3, -0.25) is 4.79 Å². The standard InChI is InChI=1S/C16H23N3O2/c17-13-8-12-4-1-2-6-15(12)19(10-13)11-16(20)18-9-14-5-3-7-21-14/h1-2,4,6,13-14H,3,5,7-11,17H2,(H,18,20). The molecule has 2 aliphatic rings. The summed E-state index contributed by atoms with van der Waals surface area (Å²) in [5.74, 6) is 0.0365. The summed E-state index contributed by atoms with van der Waals surface area (Å²) in [5.41, 5.74) is 8.45. The number of carbonyl (C=O) groups excluding carboxylic acids is 1. The lowest BCUT2D eigenvalue weighted by atomic mass is 9.98. The zero-order valence-electron chi connectivity index (χ0n) is 12.3. The molecular formula is C16H23N3O2. The molecule has 2 unspecified atom stereocenters. The van der Waals surface area contributed by atoms with Crippen molar-refractivity contribution in [2.45, 2.75) is 31.4 Å². The first-order valence-electron chi connectivity index (χ1n) is 7.69. The van der Waals surface area contributed by atoms with Gasteiger partial charge in [-0.25, -0.2) is 0 Å². The first kappa shape index (κ1) is 14.4. The fraction of sp³-hybridized carbons (Fsp3) is 0.562. The second-order valence-electron chi connectivity index (χ2n) is 5.91. The first-order chi connectivity index (χ1) is 10.2.